The molecule has 9 heteroatoms. The number of nitrogens with one attached hydrogen (secondary N) is 2. The standard InChI is InChI=1S/C26H38N4O4S/c1-15-20(35-14-28-15)16-8-10-17(11-9-16)21(26(5,6)34)29-23(32)19-12-18(31)13-30(19)24(33)22(27-7)25(2,3)4/h8-11,14,18-19,21-22,27,31,34H,12-13H2,1-7H3,(H,29,32)/t18-,19+,21+,22-/m1/s1. The highest BCUT2D eigenvalue weighted by atomic mass is 32.1. The Morgan fingerprint density at radius 2 is 1.80 bits per heavy atom. The molecule has 2 amide bonds. The number of carbonyl (C=O) groups is 2. The Morgan fingerprint density at radius 3 is 2.29 bits per heavy atom. The third-order valence-electron chi connectivity index (χ3n) is 6.51. The van der Waals surface area contributed by atoms with Gasteiger partial charge in [0.2, 0.25) is 11.8 Å². The average Bonchev–Trinajstić information content (AvgIpc) is 3.36. The summed E-state index contributed by atoms with van der Waals surface area (Å²) in [6.45, 7) is 11.2. The summed E-state index contributed by atoms with van der Waals surface area (Å²) in [5.74, 6) is -0.617. The van der Waals surface area contributed by atoms with Crippen molar-refractivity contribution in [2.24, 2.45) is 5.41 Å². The molecule has 2 aromatic rings. The predicted molar refractivity (Wildman–Crippen MR) is 138 cm³/mol. The van der Waals surface area contributed by atoms with E-state index < -0.39 is 35.7 Å². The average molecular weight is 503 g/mol. The largest absolute Gasteiger partial charge is 0.391 e. The lowest BCUT2D eigenvalue weighted by Gasteiger charge is -2.36. The van der Waals surface area contributed by atoms with Crippen LogP contribution in [-0.2, 0) is 9.59 Å². The molecule has 0 spiro atoms. The van der Waals surface area contributed by atoms with E-state index in [-0.39, 0.29) is 24.3 Å². The molecule has 2 heterocycles. The van der Waals surface area contributed by atoms with E-state index in [0.717, 1.165) is 21.7 Å². The molecule has 4 N–H and O–H groups in total. The van der Waals surface area contributed by atoms with Gasteiger partial charge >= 0.3 is 0 Å². The lowest BCUT2D eigenvalue weighted by molar-refractivity contribution is -0.142. The van der Waals surface area contributed by atoms with Gasteiger partial charge in [0.15, 0.2) is 0 Å². The van der Waals surface area contributed by atoms with Gasteiger partial charge in [-0.25, -0.2) is 4.98 Å². The number of aromatic nitrogens is 1. The molecule has 1 saturated heterocycles. The number of benzene rings is 1. The summed E-state index contributed by atoms with van der Waals surface area (Å²) in [6, 6.07) is 5.66. The Hall–Kier alpha value is -2.33. The number of nitrogens with zero attached hydrogens (tertiary/aromatic N) is 2. The first kappa shape index (κ1) is 27.3. The number of amides is 2. The zero-order valence-corrected chi connectivity index (χ0v) is 22.4. The normalized spacial score (nSPS) is 20.5. The first-order chi connectivity index (χ1) is 16.2. The SMILES string of the molecule is CN[C@H](C(=O)N1C[C@H](O)C[C@H]1C(=O)N[C@@H](c1ccc(-c2scnc2C)cc1)C(C)(C)O)C(C)(C)C. The number of hydrogen-bond donors (Lipinski definition) is 4. The van der Waals surface area contributed by atoms with Crippen molar-refractivity contribution in [1.29, 1.82) is 0 Å². The van der Waals surface area contributed by atoms with Gasteiger partial charge in [-0.1, -0.05) is 45.0 Å². The number of thiazole rings is 1. The van der Waals surface area contributed by atoms with Gasteiger partial charge in [-0.15, -0.1) is 11.3 Å². The number of rotatable bonds is 7. The Kier molecular flexibility index (Phi) is 8.06. The maximum absolute atomic E-state index is 13.4. The number of carbonyl (C=O) groups excluding carboxylic acids is 2. The summed E-state index contributed by atoms with van der Waals surface area (Å²) >= 11 is 1.56. The van der Waals surface area contributed by atoms with Gasteiger partial charge in [0.1, 0.15) is 6.04 Å². The molecule has 1 aliphatic rings. The monoisotopic (exact) mass is 502 g/mol. The topological polar surface area (TPSA) is 115 Å². The molecule has 192 valence electrons. The molecule has 0 bridgehead atoms. The van der Waals surface area contributed by atoms with Crippen LogP contribution in [0.2, 0.25) is 0 Å². The van der Waals surface area contributed by atoms with Crippen molar-refractivity contribution in [3.8, 4) is 10.4 Å². The molecule has 0 unspecified atom stereocenters. The molecular formula is C26H38N4O4S. The van der Waals surface area contributed by atoms with Gasteiger partial charge in [0, 0.05) is 13.0 Å². The Balaban J connectivity index is 1.84. The molecule has 1 aliphatic heterocycles. The van der Waals surface area contributed by atoms with Crippen molar-refractivity contribution in [3.63, 3.8) is 0 Å². The highest BCUT2D eigenvalue weighted by Crippen LogP contribution is 2.32. The molecule has 0 aliphatic carbocycles. The van der Waals surface area contributed by atoms with Crippen molar-refractivity contribution in [1.82, 2.24) is 20.5 Å². The van der Waals surface area contributed by atoms with E-state index in [1.54, 1.807) is 37.7 Å². The maximum Gasteiger partial charge on any atom is 0.243 e. The van der Waals surface area contributed by atoms with E-state index in [0.29, 0.717) is 0 Å². The van der Waals surface area contributed by atoms with Crippen molar-refractivity contribution < 1.29 is 19.8 Å². The second-order valence-electron chi connectivity index (χ2n) is 11.0. The lowest BCUT2D eigenvalue weighted by Crippen LogP contribution is -2.56. The maximum atomic E-state index is 13.4. The quantitative estimate of drug-likeness (QED) is 0.463. The molecule has 4 atom stereocenters. The molecule has 0 radical (unpaired) electrons. The molecule has 35 heavy (non-hydrogen) atoms. The van der Waals surface area contributed by atoms with Gasteiger partial charge in [-0.05, 0) is 44.4 Å². The Morgan fingerprint density at radius 1 is 1.17 bits per heavy atom. The van der Waals surface area contributed by atoms with E-state index in [2.05, 4.69) is 15.6 Å². The molecule has 0 saturated carbocycles. The first-order valence-electron chi connectivity index (χ1n) is 11.9. The fourth-order valence-electron chi connectivity index (χ4n) is 4.71. The number of hydrogen-bond acceptors (Lipinski definition) is 7. The van der Waals surface area contributed by atoms with E-state index in [1.165, 1.54) is 4.90 Å². The van der Waals surface area contributed by atoms with Gasteiger partial charge in [0.25, 0.3) is 0 Å². The third-order valence-corrected chi connectivity index (χ3v) is 7.49. The Bertz CT molecular complexity index is 1040. The minimum Gasteiger partial charge on any atom is -0.391 e. The number of aliphatic hydroxyl groups is 2. The van der Waals surface area contributed by atoms with Crippen LogP contribution in [0.15, 0.2) is 29.8 Å². The van der Waals surface area contributed by atoms with Crippen LogP contribution in [0.5, 0.6) is 0 Å². The van der Waals surface area contributed by atoms with Crippen molar-refractivity contribution >= 4 is 23.2 Å². The van der Waals surface area contributed by atoms with E-state index in [9.17, 15) is 19.8 Å². The van der Waals surface area contributed by atoms with Crippen LogP contribution in [0.4, 0.5) is 0 Å². The van der Waals surface area contributed by atoms with E-state index in [1.807, 2.05) is 52.0 Å². The van der Waals surface area contributed by atoms with Crippen LogP contribution in [-0.4, -0.2) is 69.3 Å². The number of aliphatic hydroxyl groups excluding tert-OH is 1. The molecular weight excluding hydrogens is 464 g/mol. The van der Waals surface area contributed by atoms with Gasteiger partial charge < -0.3 is 25.7 Å². The number of aryl methyl sites for hydroxylation is 1. The van der Waals surface area contributed by atoms with E-state index in [4.69, 9.17) is 0 Å². The van der Waals surface area contributed by atoms with Crippen LogP contribution in [0, 0.1) is 12.3 Å². The number of likely N-dealkylation sites (N-methyl/N-ethyl adjacent to an activating group) is 1. The van der Waals surface area contributed by atoms with Gasteiger partial charge in [0.05, 0.1) is 39.9 Å². The van der Waals surface area contributed by atoms with Crippen LogP contribution in [0.1, 0.15) is 58.3 Å². The second-order valence-corrected chi connectivity index (χ2v) is 11.8. The highest BCUT2D eigenvalue weighted by Gasteiger charge is 2.44. The molecule has 1 aromatic carbocycles. The second kappa shape index (κ2) is 10.3. The Labute approximate surface area is 211 Å². The van der Waals surface area contributed by atoms with Crippen LogP contribution in [0.25, 0.3) is 10.4 Å². The smallest absolute Gasteiger partial charge is 0.243 e. The molecule has 8 nitrogen and oxygen atoms in total. The van der Waals surface area contributed by atoms with Crippen molar-refractivity contribution in [3.05, 3.63) is 41.0 Å². The van der Waals surface area contributed by atoms with Crippen molar-refractivity contribution in [2.45, 2.75) is 77.8 Å². The zero-order valence-electron chi connectivity index (χ0n) is 21.6. The van der Waals surface area contributed by atoms with Gasteiger partial charge in [-0.3, -0.25) is 9.59 Å². The summed E-state index contributed by atoms with van der Waals surface area (Å²) in [6.07, 6.45) is -0.630. The van der Waals surface area contributed by atoms with Crippen LogP contribution < -0.4 is 10.6 Å². The highest BCUT2D eigenvalue weighted by molar-refractivity contribution is 7.13. The molecule has 3 rings (SSSR count). The predicted octanol–water partition coefficient (Wildman–Crippen LogP) is 2.64. The molecule has 1 aromatic heterocycles. The van der Waals surface area contributed by atoms with Crippen molar-refractivity contribution in [2.75, 3.05) is 13.6 Å². The third kappa shape index (κ3) is 6.09. The summed E-state index contributed by atoms with van der Waals surface area (Å²) in [4.78, 5) is 33.6. The summed E-state index contributed by atoms with van der Waals surface area (Å²) in [5.41, 5.74) is 2.90. The van der Waals surface area contributed by atoms with Gasteiger partial charge in [-0.2, -0.15) is 0 Å². The minimum atomic E-state index is -1.26. The summed E-state index contributed by atoms with van der Waals surface area (Å²) in [5, 5.41) is 27.3. The first-order valence-corrected chi connectivity index (χ1v) is 12.8. The summed E-state index contributed by atoms with van der Waals surface area (Å²) in [7, 11) is 1.72. The number of β-amino-alcohol motifs (C(OH)–C–C–N with tert-alkyl or cyclic N) is 1. The lowest BCUT2D eigenvalue weighted by atomic mass is 9.85. The fraction of sp³-hybridized carbons (Fsp3) is 0.577. The minimum absolute atomic E-state index is 0.0985. The van der Waals surface area contributed by atoms with Crippen LogP contribution in [0.3, 0.4) is 0 Å². The van der Waals surface area contributed by atoms with E-state index >= 15 is 0 Å². The zero-order chi connectivity index (χ0) is 26.1. The fourth-order valence-corrected chi connectivity index (χ4v) is 5.52. The molecule has 1 fully saturated rings. The van der Waals surface area contributed by atoms with Crippen LogP contribution >= 0.6 is 11.3 Å². The summed E-state index contributed by atoms with van der Waals surface area (Å²) < 4.78 is 0. The number of likely N-dealkylation sites (tertiary alicyclic amines) is 1.